The van der Waals surface area contributed by atoms with Crippen LogP contribution in [-0.2, 0) is 4.74 Å². The van der Waals surface area contributed by atoms with E-state index in [2.05, 4.69) is 0 Å². The Morgan fingerprint density at radius 1 is 1.21 bits per heavy atom. The number of ether oxygens (including phenoxy) is 2. The third-order valence-corrected chi connectivity index (χ3v) is 3.62. The first-order valence-electron chi connectivity index (χ1n) is 7.32. The molecule has 0 spiro atoms. The lowest BCUT2D eigenvalue weighted by atomic mass is 9.98. The quantitative estimate of drug-likeness (QED) is 0.855. The summed E-state index contributed by atoms with van der Waals surface area (Å²) in [5, 5.41) is 10.3. The first-order chi connectivity index (χ1) is 9.31. The highest BCUT2D eigenvalue weighted by molar-refractivity contribution is 5.35. The molecular formula is C16H24O3. The molecule has 1 aromatic rings. The molecule has 1 atom stereocenters. The second-order valence-corrected chi connectivity index (χ2v) is 5.08. The van der Waals surface area contributed by atoms with Crippen molar-refractivity contribution in [1.82, 2.24) is 0 Å². The highest BCUT2D eigenvalue weighted by Crippen LogP contribution is 2.27. The van der Waals surface area contributed by atoms with Crippen LogP contribution in [0.2, 0.25) is 0 Å². The molecule has 0 aliphatic heterocycles. The highest BCUT2D eigenvalue weighted by atomic mass is 16.5. The van der Waals surface area contributed by atoms with Crippen LogP contribution in [0.5, 0.6) is 5.75 Å². The van der Waals surface area contributed by atoms with E-state index in [1.54, 1.807) is 0 Å². The second-order valence-electron chi connectivity index (χ2n) is 5.08. The molecular weight excluding hydrogens is 240 g/mol. The van der Waals surface area contributed by atoms with Gasteiger partial charge in [0.15, 0.2) is 0 Å². The Bertz CT molecular complexity index is 372. The van der Waals surface area contributed by atoms with E-state index < -0.39 is 6.10 Å². The lowest BCUT2D eigenvalue weighted by molar-refractivity contribution is -0.0252. The zero-order chi connectivity index (χ0) is 13.5. The van der Waals surface area contributed by atoms with Crippen molar-refractivity contribution in [3.8, 4) is 5.75 Å². The fourth-order valence-corrected chi connectivity index (χ4v) is 2.59. The van der Waals surface area contributed by atoms with Crippen molar-refractivity contribution in [3.63, 3.8) is 0 Å². The van der Waals surface area contributed by atoms with Crippen molar-refractivity contribution in [1.29, 1.82) is 0 Å². The summed E-state index contributed by atoms with van der Waals surface area (Å²) in [6, 6.07) is 7.63. The predicted molar refractivity (Wildman–Crippen MR) is 75.4 cm³/mol. The van der Waals surface area contributed by atoms with Crippen LogP contribution in [0.3, 0.4) is 0 Å². The van der Waals surface area contributed by atoms with E-state index in [0.717, 1.165) is 24.2 Å². The average molecular weight is 264 g/mol. The van der Waals surface area contributed by atoms with Crippen LogP contribution in [0.4, 0.5) is 0 Å². The highest BCUT2D eigenvalue weighted by Gasteiger charge is 2.18. The van der Waals surface area contributed by atoms with Gasteiger partial charge in [-0.25, -0.2) is 0 Å². The SMILES string of the molecule is CCOc1ccccc1C(O)COC1CCCCC1. The summed E-state index contributed by atoms with van der Waals surface area (Å²) in [5.41, 5.74) is 0.820. The third-order valence-electron chi connectivity index (χ3n) is 3.62. The minimum absolute atomic E-state index is 0.322. The normalized spacial score (nSPS) is 18.2. The largest absolute Gasteiger partial charge is 0.493 e. The third kappa shape index (κ3) is 4.22. The molecule has 3 nitrogen and oxygen atoms in total. The number of para-hydroxylation sites is 1. The summed E-state index contributed by atoms with van der Waals surface area (Å²) in [7, 11) is 0. The molecule has 1 unspecified atom stereocenters. The first kappa shape index (κ1) is 14.4. The molecule has 106 valence electrons. The van der Waals surface area contributed by atoms with Crippen molar-refractivity contribution in [2.24, 2.45) is 0 Å². The van der Waals surface area contributed by atoms with Gasteiger partial charge in [-0.1, -0.05) is 37.5 Å². The molecule has 1 fully saturated rings. The Morgan fingerprint density at radius 3 is 2.68 bits per heavy atom. The van der Waals surface area contributed by atoms with Crippen molar-refractivity contribution in [3.05, 3.63) is 29.8 Å². The van der Waals surface area contributed by atoms with E-state index >= 15 is 0 Å². The van der Waals surface area contributed by atoms with Gasteiger partial charge in [-0.05, 0) is 25.8 Å². The van der Waals surface area contributed by atoms with Gasteiger partial charge in [-0.2, -0.15) is 0 Å². The Kier molecular flexibility index (Phi) is 5.67. The molecule has 0 heterocycles. The van der Waals surface area contributed by atoms with Crippen LogP contribution >= 0.6 is 0 Å². The van der Waals surface area contributed by atoms with E-state index in [1.807, 2.05) is 31.2 Å². The summed E-state index contributed by atoms with van der Waals surface area (Å²) < 4.78 is 11.4. The number of hydrogen-bond acceptors (Lipinski definition) is 3. The summed E-state index contributed by atoms with van der Waals surface area (Å²) in [5.74, 6) is 0.754. The molecule has 2 rings (SSSR count). The van der Waals surface area contributed by atoms with E-state index in [9.17, 15) is 5.11 Å². The lowest BCUT2D eigenvalue weighted by Crippen LogP contribution is -2.20. The Hall–Kier alpha value is -1.06. The smallest absolute Gasteiger partial charge is 0.125 e. The van der Waals surface area contributed by atoms with Gasteiger partial charge >= 0.3 is 0 Å². The Morgan fingerprint density at radius 2 is 1.95 bits per heavy atom. The van der Waals surface area contributed by atoms with Gasteiger partial charge in [-0.15, -0.1) is 0 Å². The Labute approximate surface area is 115 Å². The number of aliphatic hydroxyl groups is 1. The maximum absolute atomic E-state index is 10.3. The van der Waals surface area contributed by atoms with Gasteiger partial charge in [0.05, 0.1) is 19.3 Å². The van der Waals surface area contributed by atoms with Crippen LogP contribution < -0.4 is 4.74 Å². The zero-order valence-electron chi connectivity index (χ0n) is 11.7. The topological polar surface area (TPSA) is 38.7 Å². The van der Waals surface area contributed by atoms with Gasteiger partial charge in [0.2, 0.25) is 0 Å². The average Bonchev–Trinajstić information content (AvgIpc) is 2.47. The predicted octanol–water partition coefficient (Wildman–Crippen LogP) is 3.47. The first-order valence-corrected chi connectivity index (χ1v) is 7.32. The maximum Gasteiger partial charge on any atom is 0.125 e. The van der Waals surface area contributed by atoms with Crippen LogP contribution in [0.25, 0.3) is 0 Å². The molecule has 1 aliphatic rings. The van der Waals surface area contributed by atoms with Gasteiger partial charge in [-0.3, -0.25) is 0 Å². The fraction of sp³-hybridized carbons (Fsp3) is 0.625. The molecule has 0 amide bonds. The standard InChI is InChI=1S/C16H24O3/c1-2-18-16-11-7-6-10-14(16)15(17)12-19-13-8-4-3-5-9-13/h6-7,10-11,13,15,17H,2-5,8-9,12H2,1H3. The molecule has 0 saturated heterocycles. The molecule has 1 aliphatic carbocycles. The lowest BCUT2D eigenvalue weighted by Gasteiger charge is -2.24. The molecule has 0 aromatic heterocycles. The zero-order valence-corrected chi connectivity index (χ0v) is 11.7. The molecule has 1 aromatic carbocycles. The van der Waals surface area contributed by atoms with Crippen molar-refractivity contribution in [2.45, 2.75) is 51.2 Å². The van der Waals surface area contributed by atoms with E-state index in [0.29, 0.717) is 19.3 Å². The van der Waals surface area contributed by atoms with Gasteiger partial charge < -0.3 is 14.6 Å². The van der Waals surface area contributed by atoms with Crippen molar-refractivity contribution < 1.29 is 14.6 Å². The monoisotopic (exact) mass is 264 g/mol. The van der Waals surface area contributed by atoms with Gasteiger partial charge in [0.1, 0.15) is 11.9 Å². The van der Waals surface area contributed by atoms with E-state index in [1.165, 1.54) is 19.3 Å². The fourth-order valence-electron chi connectivity index (χ4n) is 2.59. The minimum Gasteiger partial charge on any atom is -0.493 e. The Balaban J connectivity index is 1.89. The van der Waals surface area contributed by atoms with Crippen LogP contribution in [0.1, 0.15) is 50.7 Å². The van der Waals surface area contributed by atoms with Crippen LogP contribution in [-0.4, -0.2) is 24.4 Å². The molecule has 19 heavy (non-hydrogen) atoms. The van der Waals surface area contributed by atoms with Crippen LogP contribution in [0.15, 0.2) is 24.3 Å². The molecule has 3 heteroatoms. The van der Waals surface area contributed by atoms with E-state index in [4.69, 9.17) is 9.47 Å². The number of benzene rings is 1. The number of rotatable bonds is 6. The van der Waals surface area contributed by atoms with Gasteiger partial charge in [0, 0.05) is 5.56 Å². The van der Waals surface area contributed by atoms with Crippen LogP contribution in [0, 0.1) is 0 Å². The van der Waals surface area contributed by atoms with Crippen molar-refractivity contribution >= 4 is 0 Å². The summed E-state index contributed by atoms with van der Waals surface area (Å²) in [6.45, 7) is 2.91. The van der Waals surface area contributed by atoms with Crippen molar-refractivity contribution in [2.75, 3.05) is 13.2 Å². The number of aliphatic hydroxyl groups excluding tert-OH is 1. The molecule has 0 bridgehead atoms. The molecule has 1 N–H and O–H groups in total. The summed E-state index contributed by atoms with van der Waals surface area (Å²) in [4.78, 5) is 0. The summed E-state index contributed by atoms with van der Waals surface area (Å²) >= 11 is 0. The maximum atomic E-state index is 10.3. The number of hydrogen-bond donors (Lipinski definition) is 1. The minimum atomic E-state index is -0.607. The second kappa shape index (κ2) is 7.51. The molecule has 0 radical (unpaired) electrons. The molecule has 1 saturated carbocycles. The summed E-state index contributed by atoms with van der Waals surface area (Å²) in [6.07, 6.45) is 5.77. The van der Waals surface area contributed by atoms with E-state index in [-0.39, 0.29) is 0 Å². The van der Waals surface area contributed by atoms with Gasteiger partial charge in [0.25, 0.3) is 0 Å².